The molecule has 0 atom stereocenters. The van der Waals surface area contributed by atoms with E-state index in [0.29, 0.717) is 6.54 Å². The minimum atomic E-state index is -0.727. The molecule has 0 unspecified atom stereocenters. The van der Waals surface area contributed by atoms with Crippen molar-refractivity contribution in [3.8, 4) is 0 Å². The van der Waals surface area contributed by atoms with Gasteiger partial charge in [-0.1, -0.05) is 17.3 Å². The number of halogens is 1. The van der Waals surface area contributed by atoms with Gasteiger partial charge in [0.2, 0.25) is 0 Å². The van der Waals surface area contributed by atoms with Crippen LogP contribution in [-0.2, 0) is 6.54 Å². The molecule has 0 bridgehead atoms. The average Bonchev–Trinajstić information content (AvgIpc) is 2.80. The standard InChI is InChI=1S/C10H9FN4O2/c11-8-3-1-7(2-4-8)5-15-6-9(12-14-15)10(16)13-17/h1-4,6,17H,5H2,(H,13,16). The first kappa shape index (κ1) is 11.2. The summed E-state index contributed by atoms with van der Waals surface area (Å²) in [6, 6.07) is 5.91. The summed E-state index contributed by atoms with van der Waals surface area (Å²) in [7, 11) is 0. The third kappa shape index (κ3) is 2.64. The molecule has 0 saturated carbocycles. The van der Waals surface area contributed by atoms with Gasteiger partial charge in [0.15, 0.2) is 5.69 Å². The zero-order valence-corrected chi connectivity index (χ0v) is 8.67. The van der Waals surface area contributed by atoms with Crippen molar-refractivity contribution >= 4 is 5.91 Å². The van der Waals surface area contributed by atoms with Crippen molar-refractivity contribution in [2.75, 3.05) is 0 Å². The molecule has 0 aliphatic rings. The van der Waals surface area contributed by atoms with E-state index in [1.54, 1.807) is 12.1 Å². The molecule has 0 fully saturated rings. The molecule has 2 N–H and O–H groups in total. The van der Waals surface area contributed by atoms with Crippen molar-refractivity contribution in [2.24, 2.45) is 0 Å². The van der Waals surface area contributed by atoms with E-state index in [-0.39, 0.29) is 11.5 Å². The molecule has 2 aromatic rings. The molecule has 1 aromatic carbocycles. The summed E-state index contributed by atoms with van der Waals surface area (Å²) in [6.45, 7) is 0.367. The Morgan fingerprint density at radius 3 is 2.76 bits per heavy atom. The van der Waals surface area contributed by atoms with Crippen LogP contribution in [0.25, 0.3) is 0 Å². The maximum Gasteiger partial charge on any atom is 0.296 e. The monoisotopic (exact) mass is 236 g/mol. The van der Waals surface area contributed by atoms with Gasteiger partial charge < -0.3 is 0 Å². The normalized spacial score (nSPS) is 10.2. The van der Waals surface area contributed by atoms with Gasteiger partial charge in [-0.25, -0.2) is 14.6 Å². The summed E-state index contributed by atoms with van der Waals surface area (Å²) < 4.78 is 14.1. The number of benzene rings is 1. The minimum Gasteiger partial charge on any atom is -0.288 e. The van der Waals surface area contributed by atoms with Gasteiger partial charge in [0.05, 0.1) is 12.7 Å². The number of hydroxylamine groups is 1. The van der Waals surface area contributed by atoms with Crippen molar-refractivity contribution in [3.05, 3.63) is 47.5 Å². The third-order valence-electron chi connectivity index (χ3n) is 2.13. The zero-order chi connectivity index (χ0) is 12.3. The van der Waals surface area contributed by atoms with Gasteiger partial charge in [0.1, 0.15) is 5.82 Å². The quantitative estimate of drug-likeness (QED) is 0.603. The van der Waals surface area contributed by atoms with Crippen LogP contribution in [0.2, 0.25) is 0 Å². The lowest BCUT2D eigenvalue weighted by Gasteiger charge is -1.99. The summed E-state index contributed by atoms with van der Waals surface area (Å²) in [5, 5.41) is 15.7. The molecular weight excluding hydrogens is 227 g/mol. The highest BCUT2D eigenvalue weighted by Crippen LogP contribution is 2.04. The number of hydrogen-bond acceptors (Lipinski definition) is 4. The van der Waals surface area contributed by atoms with Crippen LogP contribution in [0.3, 0.4) is 0 Å². The number of hydrogen-bond donors (Lipinski definition) is 2. The van der Waals surface area contributed by atoms with E-state index in [1.807, 2.05) is 0 Å². The van der Waals surface area contributed by atoms with Crippen molar-refractivity contribution < 1.29 is 14.4 Å². The average molecular weight is 236 g/mol. The summed E-state index contributed by atoms with van der Waals surface area (Å²) in [4.78, 5) is 11.0. The van der Waals surface area contributed by atoms with Gasteiger partial charge in [-0.2, -0.15) is 0 Å². The van der Waals surface area contributed by atoms with Gasteiger partial charge in [0.25, 0.3) is 5.91 Å². The lowest BCUT2D eigenvalue weighted by atomic mass is 10.2. The topological polar surface area (TPSA) is 80.0 Å². The molecule has 88 valence electrons. The largest absolute Gasteiger partial charge is 0.296 e. The lowest BCUT2D eigenvalue weighted by Crippen LogP contribution is -2.18. The Bertz CT molecular complexity index is 523. The maximum absolute atomic E-state index is 12.7. The Morgan fingerprint density at radius 1 is 1.41 bits per heavy atom. The number of nitrogens with zero attached hydrogens (tertiary/aromatic N) is 3. The van der Waals surface area contributed by atoms with Crippen molar-refractivity contribution in [1.29, 1.82) is 0 Å². The molecule has 0 saturated heterocycles. The Balaban J connectivity index is 2.11. The highest BCUT2D eigenvalue weighted by Gasteiger charge is 2.09. The summed E-state index contributed by atoms with van der Waals surface area (Å²) in [6.07, 6.45) is 1.38. The Morgan fingerprint density at radius 2 is 2.12 bits per heavy atom. The van der Waals surface area contributed by atoms with Crippen LogP contribution in [0.15, 0.2) is 30.5 Å². The van der Waals surface area contributed by atoms with Crippen molar-refractivity contribution in [3.63, 3.8) is 0 Å². The van der Waals surface area contributed by atoms with Crippen LogP contribution in [0.4, 0.5) is 4.39 Å². The SMILES string of the molecule is O=C(NO)c1cn(Cc2ccc(F)cc2)nn1. The highest BCUT2D eigenvalue weighted by atomic mass is 19.1. The van der Waals surface area contributed by atoms with Crippen LogP contribution < -0.4 is 5.48 Å². The first-order valence-electron chi connectivity index (χ1n) is 4.78. The van der Waals surface area contributed by atoms with Crippen LogP contribution in [-0.4, -0.2) is 26.1 Å². The molecule has 17 heavy (non-hydrogen) atoms. The van der Waals surface area contributed by atoms with Crippen molar-refractivity contribution in [1.82, 2.24) is 20.5 Å². The van der Waals surface area contributed by atoms with Gasteiger partial charge in [-0.05, 0) is 17.7 Å². The molecule has 1 heterocycles. The van der Waals surface area contributed by atoms with Gasteiger partial charge in [-0.3, -0.25) is 10.0 Å². The fourth-order valence-corrected chi connectivity index (χ4v) is 1.31. The number of carbonyl (C=O) groups is 1. The van der Waals surface area contributed by atoms with Gasteiger partial charge >= 0.3 is 0 Å². The fraction of sp³-hybridized carbons (Fsp3) is 0.100. The van der Waals surface area contributed by atoms with E-state index in [1.165, 1.54) is 28.5 Å². The molecule has 0 aliphatic heterocycles. The predicted molar refractivity (Wildman–Crippen MR) is 54.8 cm³/mol. The number of aromatic nitrogens is 3. The maximum atomic E-state index is 12.7. The van der Waals surface area contributed by atoms with Gasteiger partial charge in [0, 0.05) is 0 Å². The predicted octanol–water partition coefficient (Wildman–Crippen LogP) is 0.585. The smallest absolute Gasteiger partial charge is 0.288 e. The molecule has 2 rings (SSSR count). The second-order valence-electron chi connectivity index (χ2n) is 3.37. The third-order valence-corrected chi connectivity index (χ3v) is 2.13. The molecule has 1 amide bonds. The Labute approximate surface area is 95.6 Å². The number of amides is 1. The summed E-state index contributed by atoms with van der Waals surface area (Å²) >= 11 is 0. The van der Waals surface area contributed by atoms with E-state index < -0.39 is 5.91 Å². The second kappa shape index (κ2) is 4.71. The van der Waals surface area contributed by atoms with E-state index in [9.17, 15) is 9.18 Å². The van der Waals surface area contributed by atoms with Crippen LogP contribution in [0.5, 0.6) is 0 Å². The molecule has 0 radical (unpaired) electrons. The first-order chi connectivity index (χ1) is 8.19. The summed E-state index contributed by atoms with van der Waals surface area (Å²) in [5.74, 6) is -1.04. The van der Waals surface area contributed by atoms with Crippen molar-refractivity contribution in [2.45, 2.75) is 6.54 Å². The summed E-state index contributed by atoms with van der Waals surface area (Å²) in [5.41, 5.74) is 2.30. The lowest BCUT2D eigenvalue weighted by molar-refractivity contribution is 0.0700. The number of rotatable bonds is 3. The zero-order valence-electron chi connectivity index (χ0n) is 8.67. The van der Waals surface area contributed by atoms with Gasteiger partial charge in [-0.15, -0.1) is 5.10 Å². The minimum absolute atomic E-state index is 0.00890. The number of carbonyl (C=O) groups excluding carboxylic acids is 1. The fourth-order valence-electron chi connectivity index (χ4n) is 1.31. The molecule has 6 nitrogen and oxygen atoms in total. The second-order valence-corrected chi connectivity index (χ2v) is 3.37. The van der Waals surface area contributed by atoms with E-state index in [2.05, 4.69) is 10.3 Å². The Hall–Kier alpha value is -2.28. The highest BCUT2D eigenvalue weighted by molar-refractivity contribution is 5.90. The van der Waals surface area contributed by atoms with Crippen LogP contribution in [0, 0.1) is 5.82 Å². The first-order valence-corrected chi connectivity index (χ1v) is 4.78. The van der Waals surface area contributed by atoms with Crippen LogP contribution in [0.1, 0.15) is 16.1 Å². The molecule has 0 aliphatic carbocycles. The molecule has 7 heteroatoms. The molecular formula is C10H9FN4O2. The molecule has 1 aromatic heterocycles. The van der Waals surface area contributed by atoms with E-state index in [4.69, 9.17) is 5.21 Å². The van der Waals surface area contributed by atoms with Crippen LogP contribution >= 0.6 is 0 Å². The molecule has 0 spiro atoms. The van der Waals surface area contributed by atoms with E-state index in [0.717, 1.165) is 5.56 Å². The number of nitrogens with one attached hydrogen (secondary N) is 1. The Kier molecular flexibility index (Phi) is 3.10. The van der Waals surface area contributed by atoms with E-state index >= 15 is 0 Å².